The van der Waals surface area contributed by atoms with Crippen molar-refractivity contribution in [3.8, 4) is 0 Å². The maximum Gasteiger partial charge on any atom is 0.416 e. The van der Waals surface area contributed by atoms with Gasteiger partial charge in [0.1, 0.15) is 0 Å². The van der Waals surface area contributed by atoms with Crippen LogP contribution in [0.3, 0.4) is 0 Å². The molecule has 0 heterocycles. The monoisotopic (exact) mass is 349 g/mol. The predicted molar refractivity (Wildman–Crippen MR) is 94.4 cm³/mol. The quantitative estimate of drug-likeness (QED) is 0.470. The van der Waals surface area contributed by atoms with Gasteiger partial charge in [-0.3, -0.25) is 4.99 Å². The summed E-state index contributed by atoms with van der Waals surface area (Å²) in [7, 11) is 1.64. The van der Waals surface area contributed by atoms with E-state index in [-0.39, 0.29) is 6.54 Å². The minimum absolute atomic E-state index is 0.280. The van der Waals surface area contributed by atoms with Crippen LogP contribution in [0.2, 0.25) is 0 Å². The van der Waals surface area contributed by atoms with Crippen molar-refractivity contribution in [3.63, 3.8) is 0 Å². The van der Waals surface area contributed by atoms with E-state index >= 15 is 0 Å². The van der Waals surface area contributed by atoms with E-state index in [9.17, 15) is 13.2 Å². The zero-order valence-electron chi connectivity index (χ0n) is 14.1. The van der Waals surface area contributed by atoms with E-state index in [1.165, 1.54) is 11.6 Å². The van der Waals surface area contributed by atoms with Gasteiger partial charge < -0.3 is 10.6 Å². The fourth-order valence-electron chi connectivity index (χ4n) is 2.41. The van der Waals surface area contributed by atoms with Crippen LogP contribution >= 0.6 is 0 Å². The number of halogens is 3. The Hall–Kier alpha value is -2.50. The Morgan fingerprint density at radius 2 is 1.68 bits per heavy atom. The zero-order chi connectivity index (χ0) is 18.1. The third-order valence-electron chi connectivity index (χ3n) is 3.72. The van der Waals surface area contributed by atoms with Crippen molar-refractivity contribution < 1.29 is 13.2 Å². The molecule has 0 atom stereocenters. The maximum atomic E-state index is 12.7. The number of aliphatic imine (C=N–C) groups is 1. The van der Waals surface area contributed by atoms with E-state index in [4.69, 9.17) is 0 Å². The van der Waals surface area contributed by atoms with Crippen molar-refractivity contribution in [1.29, 1.82) is 0 Å². The molecule has 0 aliphatic carbocycles. The van der Waals surface area contributed by atoms with E-state index in [0.29, 0.717) is 11.5 Å². The van der Waals surface area contributed by atoms with Gasteiger partial charge in [-0.1, -0.05) is 42.5 Å². The Bertz CT molecular complexity index is 682. The van der Waals surface area contributed by atoms with Crippen molar-refractivity contribution in [2.24, 2.45) is 4.99 Å². The molecule has 0 aliphatic heterocycles. The van der Waals surface area contributed by atoms with E-state index in [1.54, 1.807) is 13.1 Å². The summed E-state index contributed by atoms with van der Waals surface area (Å²) in [4.78, 5) is 4.09. The molecule has 3 nitrogen and oxygen atoms in total. The van der Waals surface area contributed by atoms with Gasteiger partial charge in [0.15, 0.2) is 5.96 Å². The van der Waals surface area contributed by atoms with E-state index in [2.05, 4.69) is 27.8 Å². The molecule has 0 saturated carbocycles. The number of benzene rings is 2. The summed E-state index contributed by atoms with van der Waals surface area (Å²) in [6.45, 7) is 1.01. The lowest BCUT2D eigenvalue weighted by atomic mass is 10.1. The Morgan fingerprint density at radius 1 is 0.960 bits per heavy atom. The molecule has 0 spiro atoms. The fourth-order valence-corrected chi connectivity index (χ4v) is 2.41. The molecule has 134 valence electrons. The van der Waals surface area contributed by atoms with Gasteiger partial charge in [0, 0.05) is 20.1 Å². The van der Waals surface area contributed by atoms with Crippen molar-refractivity contribution in [2.45, 2.75) is 25.6 Å². The van der Waals surface area contributed by atoms with Crippen LogP contribution in [0.1, 0.15) is 23.1 Å². The second-order valence-electron chi connectivity index (χ2n) is 5.64. The fraction of sp³-hybridized carbons (Fsp3) is 0.316. The molecule has 0 fully saturated rings. The lowest BCUT2D eigenvalue weighted by molar-refractivity contribution is -0.137. The predicted octanol–water partition coefficient (Wildman–Crippen LogP) is 4.00. The minimum Gasteiger partial charge on any atom is -0.356 e. The van der Waals surface area contributed by atoms with Gasteiger partial charge in [-0.25, -0.2) is 0 Å². The van der Waals surface area contributed by atoms with Crippen molar-refractivity contribution in [3.05, 3.63) is 71.3 Å². The Balaban J connectivity index is 1.77. The van der Waals surface area contributed by atoms with Crippen LogP contribution in [-0.2, 0) is 19.1 Å². The summed E-state index contributed by atoms with van der Waals surface area (Å²) in [5.74, 6) is 0.575. The van der Waals surface area contributed by atoms with E-state index in [1.807, 2.05) is 18.2 Å². The lowest BCUT2D eigenvalue weighted by Crippen LogP contribution is -2.37. The first-order valence-corrected chi connectivity index (χ1v) is 8.13. The number of alkyl halides is 3. The van der Waals surface area contributed by atoms with Crippen LogP contribution in [0.15, 0.2) is 59.6 Å². The lowest BCUT2D eigenvalue weighted by Gasteiger charge is -2.13. The first kappa shape index (κ1) is 18.8. The molecule has 2 aromatic carbocycles. The molecular weight excluding hydrogens is 327 g/mol. The SMILES string of the molecule is CN=C(NCCCc1ccccc1)NCc1cccc(C(F)(F)F)c1. The average Bonchev–Trinajstić information content (AvgIpc) is 2.61. The van der Waals surface area contributed by atoms with Gasteiger partial charge in [0.2, 0.25) is 0 Å². The highest BCUT2D eigenvalue weighted by Crippen LogP contribution is 2.29. The second-order valence-corrected chi connectivity index (χ2v) is 5.64. The second kappa shape index (κ2) is 9.11. The smallest absolute Gasteiger partial charge is 0.356 e. The molecule has 0 bridgehead atoms. The highest BCUT2D eigenvalue weighted by molar-refractivity contribution is 5.79. The molecule has 2 aromatic rings. The van der Waals surface area contributed by atoms with Crippen LogP contribution < -0.4 is 10.6 Å². The molecular formula is C19H22F3N3. The molecule has 0 radical (unpaired) electrons. The first-order chi connectivity index (χ1) is 12.0. The number of guanidine groups is 1. The number of aryl methyl sites for hydroxylation is 1. The Labute approximate surface area is 146 Å². The number of nitrogens with zero attached hydrogens (tertiary/aromatic N) is 1. The summed E-state index contributed by atoms with van der Waals surface area (Å²) < 4.78 is 38.2. The molecule has 2 N–H and O–H groups in total. The van der Waals surface area contributed by atoms with Gasteiger partial charge in [-0.2, -0.15) is 13.2 Å². The van der Waals surface area contributed by atoms with Gasteiger partial charge in [-0.15, -0.1) is 0 Å². The number of hydrogen-bond donors (Lipinski definition) is 2. The molecule has 6 heteroatoms. The molecule has 0 aromatic heterocycles. The van der Waals surface area contributed by atoms with Crippen LogP contribution in [0.25, 0.3) is 0 Å². The van der Waals surface area contributed by atoms with Gasteiger partial charge in [0.05, 0.1) is 5.56 Å². The third kappa shape index (κ3) is 6.49. The standard InChI is InChI=1S/C19H22F3N3/c1-23-18(24-12-6-10-15-7-3-2-4-8-15)25-14-16-9-5-11-17(13-16)19(20,21)22/h2-5,7-9,11,13H,6,10,12,14H2,1H3,(H2,23,24,25). The topological polar surface area (TPSA) is 36.4 Å². The van der Waals surface area contributed by atoms with Gasteiger partial charge in [0.25, 0.3) is 0 Å². The van der Waals surface area contributed by atoms with Crippen molar-refractivity contribution in [1.82, 2.24) is 10.6 Å². The molecule has 0 amide bonds. The Morgan fingerprint density at radius 3 is 2.36 bits per heavy atom. The highest BCUT2D eigenvalue weighted by Gasteiger charge is 2.30. The number of hydrogen-bond acceptors (Lipinski definition) is 1. The summed E-state index contributed by atoms with van der Waals surface area (Å²) in [5, 5.41) is 6.21. The van der Waals surface area contributed by atoms with Crippen molar-refractivity contribution in [2.75, 3.05) is 13.6 Å². The van der Waals surface area contributed by atoms with Gasteiger partial charge >= 0.3 is 6.18 Å². The molecule has 2 rings (SSSR count). The molecule has 0 aliphatic rings. The van der Waals surface area contributed by atoms with Crippen LogP contribution in [0.5, 0.6) is 0 Å². The summed E-state index contributed by atoms with van der Waals surface area (Å²) in [6.07, 6.45) is -2.43. The minimum atomic E-state index is -4.33. The van der Waals surface area contributed by atoms with E-state index in [0.717, 1.165) is 31.5 Å². The number of nitrogens with one attached hydrogen (secondary N) is 2. The average molecular weight is 349 g/mol. The van der Waals surface area contributed by atoms with Crippen LogP contribution in [-0.4, -0.2) is 19.6 Å². The summed E-state index contributed by atoms with van der Waals surface area (Å²) in [5.41, 5.74) is 1.19. The third-order valence-corrected chi connectivity index (χ3v) is 3.72. The largest absolute Gasteiger partial charge is 0.416 e. The molecule has 0 saturated heterocycles. The van der Waals surface area contributed by atoms with Crippen molar-refractivity contribution >= 4 is 5.96 Å². The number of rotatable bonds is 6. The zero-order valence-corrected chi connectivity index (χ0v) is 14.1. The molecule has 0 unspecified atom stereocenters. The highest BCUT2D eigenvalue weighted by atomic mass is 19.4. The maximum absolute atomic E-state index is 12.7. The van der Waals surface area contributed by atoms with Crippen LogP contribution in [0, 0.1) is 0 Å². The summed E-state index contributed by atoms with van der Waals surface area (Å²) in [6, 6.07) is 15.5. The summed E-state index contributed by atoms with van der Waals surface area (Å²) >= 11 is 0. The van der Waals surface area contributed by atoms with Crippen LogP contribution in [0.4, 0.5) is 13.2 Å². The van der Waals surface area contributed by atoms with Gasteiger partial charge in [-0.05, 0) is 36.1 Å². The van der Waals surface area contributed by atoms with E-state index < -0.39 is 11.7 Å². The Kier molecular flexibility index (Phi) is 6.86. The normalized spacial score (nSPS) is 12.1. The first-order valence-electron chi connectivity index (χ1n) is 8.13. The molecule has 25 heavy (non-hydrogen) atoms.